The zero-order chi connectivity index (χ0) is 20.8. The van der Waals surface area contributed by atoms with E-state index in [2.05, 4.69) is 20.5 Å². The molecule has 3 heterocycles. The van der Waals surface area contributed by atoms with Gasteiger partial charge in [-0.2, -0.15) is 0 Å². The molecule has 1 fully saturated rings. The number of aryl methyl sites for hydroxylation is 2. The predicted octanol–water partition coefficient (Wildman–Crippen LogP) is 0.0295. The highest BCUT2D eigenvalue weighted by Gasteiger charge is 2.14. The monoisotopic (exact) mass is 421 g/mol. The van der Waals surface area contributed by atoms with Crippen molar-refractivity contribution in [3.05, 3.63) is 27.1 Å². The quantitative estimate of drug-likeness (QED) is 0.583. The van der Waals surface area contributed by atoms with Crippen LogP contribution in [0.5, 0.6) is 0 Å². The fraction of sp³-hybridized carbons (Fsp3) is 0.579. The predicted molar refractivity (Wildman–Crippen MR) is 111 cm³/mol. The Labute approximate surface area is 173 Å². The number of nitrogens with one attached hydrogen (secondary N) is 2. The highest BCUT2D eigenvalue weighted by molar-refractivity contribution is 7.18. The number of carbonyl (C=O) groups excluding carboxylic acids is 2. The summed E-state index contributed by atoms with van der Waals surface area (Å²) in [7, 11) is 0. The molecule has 0 aliphatic carbocycles. The number of aromatic nitrogens is 2. The first-order chi connectivity index (χ1) is 14.0. The van der Waals surface area contributed by atoms with E-state index < -0.39 is 5.91 Å². The SMILES string of the molecule is Cc1sc2ncn(CC(=O)NCC(=O)NCCCN3CCOCC3)c(=O)c2c1C. The lowest BCUT2D eigenvalue weighted by Crippen LogP contribution is -2.41. The molecule has 3 rings (SSSR count). The van der Waals surface area contributed by atoms with Crippen LogP contribution in [0.25, 0.3) is 10.2 Å². The van der Waals surface area contributed by atoms with Gasteiger partial charge < -0.3 is 15.4 Å². The van der Waals surface area contributed by atoms with E-state index in [4.69, 9.17) is 4.74 Å². The van der Waals surface area contributed by atoms with Crippen LogP contribution in [0.2, 0.25) is 0 Å². The first kappa shape index (κ1) is 21.4. The molecule has 1 saturated heterocycles. The summed E-state index contributed by atoms with van der Waals surface area (Å²) in [5, 5.41) is 5.91. The van der Waals surface area contributed by atoms with Gasteiger partial charge in [0.1, 0.15) is 11.4 Å². The van der Waals surface area contributed by atoms with E-state index in [9.17, 15) is 14.4 Å². The molecular weight excluding hydrogens is 394 g/mol. The molecule has 0 bridgehead atoms. The normalized spacial score (nSPS) is 14.8. The van der Waals surface area contributed by atoms with Crippen molar-refractivity contribution >= 4 is 33.4 Å². The van der Waals surface area contributed by atoms with Crippen LogP contribution in [0.4, 0.5) is 0 Å². The lowest BCUT2D eigenvalue weighted by Gasteiger charge is -2.26. The Kier molecular flexibility index (Phi) is 7.34. The van der Waals surface area contributed by atoms with Crippen LogP contribution in [0.15, 0.2) is 11.1 Å². The number of morpholine rings is 1. The van der Waals surface area contributed by atoms with Crippen LogP contribution in [0.3, 0.4) is 0 Å². The standard InChI is InChI=1S/C19H27N5O4S/c1-13-14(2)29-18-17(13)19(27)24(12-22-18)11-16(26)21-10-15(25)20-4-3-5-23-6-8-28-9-7-23/h12H,3-11H2,1-2H3,(H,20,25)(H,21,26). The van der Waals surface area contributed by atoms with Gasteiger partial charge >= 0.3 is 0 Å². The minimum Gasteiger partial charge on any atom is -0.379 e. The summed E-state index contributed by atoms with van der Waals surface area (Å²) >= 11 is 1.47. The Morgan fingerprint density at radius 1 is 1.21 bits per heavy atom. The van der Waals surface area contributed by atoms with Crippen molar-refractivity contribution in [1.82, 2.24) is 25.1 Å². The van der Waals surface area contributed by atoms with Crippen LogP contribution in [-0.2, 0) is 20.9 Å². The van der Waals surface area contributed by atoms with E-state index in [-0.39, 0.29) is 24.6 Å². The Balaban J connectivity index is 1.41. The summed E-state index contributed by atoms with van der Waals surface area (Å²) in [5.41, 5.74) is 0.660. The average molecular weight is 422 g/mol. The topological polar surface area (TPSA) is 106 Å². The molecular formula is C19H27N5O4S. The summed E-state index contributed by atoms with van der Waals surface area (Å²) in [4.78, 5) is 44.9. The van der Waals surface area contributed by atoms with Crippen LogP contribution >= 0.6 is 11.3 Å². The van der Waals surface area contributed by atoms with Crippen LogP contribution in [0, 0.1) is 13.8 Å². The first-order valence-corrected chi connectivity index (χ1v) is 10.6. The van der Waals surface area contributed by atoms with Gasteiger partial charge in [-0.1, -0.05) is 0 Å². The van der Waals surface area contributed by atoms with E-state index >= 15 is 0 Å². The Bertz CT molecular complexity index is 933. The van der Waals surface area contributed by atoms with Gasteiger partial charge in [0.2, 0.25) is 11.8 Å². The van der Waals surface area contributed by atoms with Crippen molar-refractivity contribution < 1.29 is 14.3 Å². The van der Waals surface area contributed by atoms with Crippen molar-refractivity contribution in [3.63, 3.8) is 0 Å². The van der Waals surface area contributed by atoms with Crippen molar-refractivity contribution in [2.75, 3.05) is 45.9 Å². The molecule has 0 unspecified atom stereocenters. The van der Waals surface area contributed by atoms with Gasteiger partial charge in [0.05, 0.1) is 31.5 Å². The summed E-state index contributed by atoms with van der Waals surface area (Å²) < 4.78 is 6.57. The number of ether oxygens (including phenoxy) is 1. The molecule has 2 amide bonds. The van der Waals surface area contributed by atoms with Gasteiger partial charge in [0.25, 0.3) is 5.56 Å². The van der Waals surface area contributed by atoms with Gasteiger partial charge in [-0.05, 0) is 32.4 Å². The van der Waals surface area contributed by atoms with Gasteiger partial charge in [-0.3, -0.25) is 23.9 Å². The number of nitrogens with zero attached hydrogens (tertiary/aromatic N) is 3. The molecule has 0 atom stereocenters. The minimum atomic E-state index is -0.402. The smallest absolute Gasteiger partial charge is 0.262 e. The van der Waals surface area contributed by atoms with Crippen LogP contribution in [0.1, 0.15) is 16.9 Å². The second kappa shape index (κ2) is 9.95. The zero-order valence-electron chi connectivity index (χ0n) is 16.8. The van der Waals surface area contributed by atoms with E-state index in [0.717, 1.165) is 49.7 Å². The lowest BCUT2D eigenvalue weighted by molar-refractivity contribution is -0.126. The lowest BCUT2D eigenvalue weighted by atomic mass is 10.2. The summed E-state index contributed by atoms with van der Waals surface area (Å²) in [6.45, 7) is 8.38. The van der Waals surface area contributed by atoms with Crippen molar-refractivity contribution in [3.8, 4) is 0 Å². The number of thiophene rings is 1. The minimum absolute atomic E-state index is 0.114. The number of hydrogen-bond donors (Lipinski definition) is 2. The van der Waals surface area contributed by atoms with E-state index in [1.807, 2.05) is 13.8 Å². The van der Waals surface area contributed by atoms with E-state index in [0.29, 0.717) is 16.8 Å². The number of carbonyl (C=O) groups is 2. The summed E-state index contributed by atoms with van der Waals surface area (Å²) in [6, 6.07) is 0. The molecule has 2 aromatic rings. The van der Waals surface area contributed by atoms with E-state index in [1.54, 1.807) is 0 Å². The zero-order valence-corrected chi connectivity index (χ0v) is 17.6. The average Bonchev–Trinajstić information content (AvgIpc) is 3.01. The molecule has 0 radical (unpaired) electrons. The van der Waals surface area contributed by atoms with Gasteiger partial charge in [-0.15, -0.1) is 11.3 Å². The first-order valence-electron chi connectivity index (χ1n) is 9.74. The molecule has 29 heavy (non-hydrogen) atoms. The molecule has 0 aromatic carbocycles. The largest absolute Gasteiger partial charge is 0.379 e. The molecule has 2 aromatic heterocycles. The second-order valence-corrected chi connectivity index (χ2v) is 8.28. The maximum Gasteiger partial charge on any atom is 0.262 e. The Morgan fingerprint density at radius 2 is 1.97 bits per heavy atom. The maximum atomic E-state index is 12.6. The molecule has 0 spiro atoms. The molecule has 1 aliphatic heterocycles. The van der Waals surface area contributed by atoms with Gasteiger partial charge in [-0.25, -0.2) is 4.98 Å². The number of amides is 2. The highest BCUT2D eigenvalue weighted by atomic mass is 32.1. The number of hydrogen-bond acceptors (Lipinski definition) is 7. The summed E-state index contributed by atoms with van der Waals surface area (Å²) in [5.74, 6) is -0.646. The Hall–Kier alpha value is -2.30. The molecule has 9 nitrogen and oxygen atoms in total. The van der Waals surface area contributed by atoms with Crippen molar-refractivity contribution in [2.45, 2.75) is 26.8 Å². The maximum absolute atomic E-state index is 12.6. The fourth-order valence-electron chi connectivity index (χ4n) is 3.19. The third-order valence-electron chi connectivity index (χ3n) is 4.99. The van der Waals surface area contributed by atoms with Crippen molar-refractivity contribution in [1.29, 1.82) is 0 Å². The number of rotatable bonds is 8. The fourth-order valence-corrected chi connectivity index (χ4v) is 4.18. The summed E-state index contributed by atoms with van der Waals surface area (Å²) in [6.07, 6.45) is 2.23. The molecule has 2 N–H and O–H groups in total. The third-order valence-corrected chi connectivity index (χ3v) is 6.11. The van der Waals surface area contributed by atoms with Crippen molar-refractivity contribution in [2.24, 2.45) is 0 Å². The molecule has 158 valence electrons. The van der Waals surface area contributed by atoms with Gasteiger partial charge in [0, 0.05) is 24.5 Å². The molecule has 0 saturated carbocycles. The van der Waals surface area contributed by atoms with E-state index in [1.165, 1.54) is 22.2 Å². The third kappa shape index (κ3) is 5.62. The molecule has 1 aliphatic rings. The van der Waals surface area contributed by atoms with Crippen LogP contribution < -0.4 is 16.2 Å². The Morgan fingerprint density at radius 3 is 2.72 bits per heavy atom. The van der Waals surface area contributed by atoms with Crippen LogP contribution in [-0.4, -0.2) is 72.2 Å². The number of fused-ring (bicyclic) bond motifs is 1. The second-order valence-electron chi connectivity index (χ2n) is 7.08. The molecule has 10 heteroatoms. The highest BCUT2D eigenvalue weighted by Crippen LogP contribution is 2.25. The van der Waals surface area contributed by atoms with Gasteiger partial charge in [0.15, 0.2) is 0 Å².